The summed E-state index contributed by atoms with van der Waals surface area (Å²) in [6.07, 6.45) is -4.72. The van der Waals surface area contributed by atoms with Crippen LogP contribution < -0.4 is 27.4 Å². The molecule has 57 heavy (non-hydrogen) atoms. The number of aliphatic carboxylic acids is 3. The first kappa shape index (κ1) is 44.5. The number of alkyl carbamates (subject to hydrolysis) is 1. The summed E-state index contributed by atoms with van der Waals surface area (Å²) >= 11 is 0. The van der Waals surface area contributed by atoms with Crippen molar-refractivity contribution in [2.24, 2.45) is 16.5 Å². The van der Waals surface area contributed by atoms with Crippen molar-refractivity contribution in [3.8, 4) is 0 Å². The minimum Gasteiger partial charge on any atom is -0.481 e. The number of aliphatic imine (C=N–C) groups is 1. The Morgan fingerprint density at radius 3 is 2.18 bits per heavy atom. The summed E-state index contributed by atoms with van der Waals surface area (Å²) in [6.45, 7) is -0.154. The Morgan fingerprint density at radius 1 is 0.912 bits per heavy atom. The maximum absolute atomic E-state index is 13.5. The van der Waals surface area contributed by atoms with Gasteiger partial charge in [-0.15, -0.1) is 0 Å². The smallest absolute Gasteiger partial charge is 0.481 e. The Bertz CT molecular complexity index is 1940. The van der Waals surface area contributed by atoms with E-state index in [2.05, 4.69) is 20.9 Å². The van der Waals surface area contributed by atoms with Crippen molar-refractivity contribution in [1.29, 1.82) is 0 Å². The molecule has 1 aliphatic rings. The first-order valence-electron chi connectivity index (χ1n) is 17.1. The summed E-state index contributed by atoms with van der Waals surface area (Å²) in [6, 6.07) is 12.6. The van der Waals surface area contributed by atoms with Crippen molar-refractivity contribution < 1.29 is 66.8 Å². The lowest BCUT2D eigenvalue weighted by Gasteiger charge is -2.28. The number of carboxylic acid groups (broad SMARTS) is 3. The van der Waals surface area contributed by atoms with Gasteiger partial charge >= 0.3 is 30.2 Å². The molecule has 4 amide bonds. The van der Waals surface area contributed by atoms with Gasteiger partial charge in [0.05, 0.1) is 13.0 Å². The van der Waals surface area contributed by atoms with Crippen LogP contribution in [0.5, 0.6) is 0 Å². The second kappa shape index (κ2) is 20.7. The van der Waals surface area contributed by atoms with Crippen molar-refractivity contribution in [3.63, 3.8) is 0 Å². The summed E-state index contributed by atoms with van der Waals surface area (Å²) < 4.78 is 38.6. The lowest BCUT2D eigenvalue weighted by atomic mass is 10.1. The van der Waals surface area contributed by atoms with Crippen LogP contribution in [0.4, 0.5) is 18.0 Å². The Hall–Kier alpha value is -6.87. The number of amides is 4. The van der Waals surface area contributed by atoms with Gasteiger partial charge in [0.15, 0.2) is 5.96 Å². The molecule has 4 atom stereocenters. The number of aromatic nitrogens is 1. The molecule has 1 saturated heterocycles. The van der Waals surface area contributed by atoms with Crippen LogP contribution in [0.3, 0.4) is 0 Å². The van der Waals surface area contributed by atoms with Crippen LogP contribution in [0.2, 0.25) is 0 Å². The highest BCUT2D eigenvalue weighted by Crippen LogP contribution is 2.20. The highest BCUT2D eigenvalue weighted by Gasteiger charge is 2.42. The molecule has 0 bridgehead atoms. The van der Waals surface area contributed by atoms with E-state index in [0.717, 1.165) is 21.4 Å². The zero-order valence-corrected chi connectivity index (χ0v) is 30.1. The lowest BCUT2D eigenvalue weighted by Crippen LogP contribution is -2.56. The fourth-order valence-corrected chi connectivity index (χ4v) is 5.56. The largest absolute Gasteiger partial charge is 0.490 e. The molecule has 0 saturated carbocycles. The molecule has 1 fully saturated rings. The summed E-state index contributed by atoms with van der Waals surface area (Å²) in [5, 5.41) is 34.9. The molecule has 2 aromatic carbocycles. The number of ether oxygens (including phenoxy) is 1. The number of fused-ring (bicyclic) bond motifs is 1. The quantitative estimate of drug-likeness (QED) is 0.0532. The van der Waals surface area contributed by atoms with E-state index in [1.807, 2.05) is 18.2 Å². The number of carboxylic acids is 3. The van der Waals surface area contributed by atoms with Crippen LogP contribution in [0.15, 0.2) is 71.9 Å². The van der Waals surface area contributed by atoms with Crippen molar-refractivity contribution in [1.82, 2.24) is 25.4 Å². The molecule has 19 nitrogen and oxygen atoms in total. The van der Waals surface area contributed by atoms with Gasteiger partial charge in [0.1, 0.15) is 30.8 Å². The van der Waals surface area contributed by atoms with Gasteiger partial charge in [-0.2, -0.15) is 13.2 Å². The number of nitrogens with zero attached hydrogens (tertiary/aromatic N) is 3. The van der Waals surface area contributed by atoms with Crippen molar-refractivity contribution in [3.05, 3.63) is 72.4 Å². The molecule has 3 aromatic rings. The number of para-hydroxylation sites is 1. The number of guanidine groups is 1. The van der Waals surface area contributed by atoms with Crippen LogP contribution in [-0.2, 0) is 46.7 Å². The predicted octanol–water partition coefficient (Wildman–Crippen LogP) is 0.753. The molecular formula is C35H41F3N8O11. The van der Waals surface area contributed by atoms with Crippen LogP contribution >= 0.6 is 0 Å². The second-order valence-electron chi connectivity index (χ2n) is 12.4. The number of carbonyl (C=O) groups excluding carboxylic acids is 4. The Balaban J connectivity index is 0.00000113. The van der Waals surface area contributed by atoms with Gasteiger partial charge in [-0.3, -0.25) is 24.2 Å². The fourth-order valence-electron chi connectivity index (χ4n) is 5.56. The highest BCUT2D eigenvalue weighted by molar-refractivity contribution is 5.97. The van der Waals surface area contributed by atoms with E-state index in [-0.39, 0.29) is 51.5 Å². The average Bonchev–Trinajstić information content (AvgIpc) is 3.72. The topological polar surface area (TPSA) is 298 Å². The van der Waals surface area contributed by atoms with Gasteiger partial charge in [0.25, 0.3) is 0 Å². The maximum atomic E-state index is 13.5. The zero-order chi connectivity index (χ0) is 42.3. The number of alkyl halides is 3. The molecule has 0 radical (unpaired) electrons. The SMILES string of the molecule is NC(N)=NCCC[C@H](NC(=O)OCc1ccccc1)C(=O)N[C@H]1CCN([C@@H](CC(=O)O)C(=O)N[C@@H](Cn2ccc3ccccc32)C(=O)O)C1=O.O=C(O)C(F)(F)F. The van der Waals surface area contributed by atoms with E-state index in [0.29, 0.717) is 0 Å². The van der Waals surface area contributed by atoms with E-state index in [4.69, 9.17) is 26.1 Å². The van der Waals surface area contributed by atoms with Gasteiger partial charge in [0, 0.05) is 24.8 Å². The predicted molar refractivity (Wildman–Crippen MR) is 193 cm³/mol. The Morgan fingerprint density at radius 2 is 1.56 bits per heavy atom. The number of benzene rings is 2. The number of carbonyl (C=O) groups is 7. The molecule has 0 unspecified atom stereocenters. The third-order valence-corrected chi connectivity index (χ3v) is 8.29. The number of hydrogen-bond donors (Lipinski definition) is 8. The van der Waals surface area contributed by atoms with Crippen LogP contribution in [0.25, 0.3) is 10.9 Å². The minimum absolute atomic E-state index is 0.0187. The van der Waals surface area contributed by atoms with Crippen molar-refractivity contribution >= 4 is 58.6 Å². The summed E-state index contributed by atoms with van der Waals surface area (Å²) in [4.78, 5) is 90.6. The van der Waals surface area contributed by atoms with E-state index in [9.17, 15) is 52.2 Å². The molecule has 0 aliphatic carbocycles. The number of halogens is 3. The first-order chi connectivity index (χ1) is 26.9. The van der Waals surface area contributed by atoms with Crippen molar-refractivity contribution in [2.45, 2.75) is 69.2 Å². The van der Waals surface area contributed by atoms with Gasteiger partial charge in [0.2, 0.25) is 17.7 Å². The third kappa shape index (κ3) is 14.1. The summed E-state index contributed by atoms with van der Waals surface area (Å²) in [5.41, 5.74) is 12.2. The first-order valence-corrected chi connectivity index (χ1v) is 17.1. The van der Waals surface area contributed by atoms with Gasteiger partial charge in [-0.25, -0.2) is 14.4 Å². The van der Waals surface area contributed by atoms with Crippen molar-refractivity contribution in [2.75, 3.05) is 13.1 Å². The zero-order valence-electron chi connectivity index (χ0n) is 30.1. The molecule has 1 aromatic heterocycles. The number of nitrogens with two attached hydrogens (primary N) is 2. The minimum atomic E-state index is -5.08. The number of nitrogens with one attached hydrogen (secondary N) is 3. The average molecular weight is 807 g/mol. The Labute approximate surface area is 321 Å². The molecule has 10 N–H and O–H groups in total. The molecular weight excluding hydrogens is 765 g/mol. The standard InChI is InChI=1S/C33H40N8O9.C2HF3O2/c34-32(35)36-14-6-10-22(39-33(49)50-19-20-7-2-1-3-8-20)28(44)37-23-13-16-41(30(23)46)26(17-27(42)43)29(45)38-24(31(47)48)18-40-15-12-21-9-4-5-11-25(21)40;3-2(4,5)1(6)7/h1-5,7-9,11-12,15,22-24,26H,6,10,13-14,16-19H2,(H,37,44)(H,38,45)(H,39,49)(H,42,43)(H,47,48)(H4,34,35,36);(H,6,7)/t22-,23-,24-,26-;/m0./s1. The van der Waals surface area contributed by atoms with E-state index < -0.39 is 78.5 Å². The molecule has 308 valence electrons. The number of rotatable bonds is 17. The van der Waals surface area contributed by atoms with Gasteiger partial charge < -0.3 is 56.9 Å². The van der Waals surface area contributed by atoms with Crippen LogP contribution in [-0.4, -0.2) is 116 Å². The number of likely N-dealkylation sites (tertiary alicyclic amines) is 1. The monoisotopic (exact) mass is 806 g/mol. The molecule has 0 spiro atoms. The number of hydrogen-bond acceptors (Lipinski definition) is 9. The second-order valence-corrected chi connectivity index (χ2v) is 12.4. The fraction of sp³-hybridized carbons (Fsp3) is 0.371. The summed E-state index contributed by atoms with van der Waals surface area (Å²) in [5.74, 6) is -8.10. The molecule has 1 aliphatic heterocycles. The van der Waals surface area contributed by atoms with E-state index in [1.165, 1.54) is 0 Å². The summed E-state index contributed by atoms with van der Waals surface area (Å²) in [7, 11) is 0. The van der Waals surface area contributed by atoms with Crippen LogP contribution in [0, 0.1) is 0 Å². The van der Waals surface area contributed by atoms with Gasteiger partial charge in [-0.1, -0.05) is 48.5 Å². The Kier molecular flexibility index (Phi) is 16.2. The molecule has 2 heterocycles. The molecule has 4 rings (SSSR count). The normalized spacial score (nSPS) is 15.2. The highest BCUT2D eigenvalue weighted by atomic mass is 19.4. The third-order valence-electron chi connectivity index (χ3n) is 8.29. The lowest BCUT2D eigenvalue weighted by molar-refractivity contribution is -0.192. The van der Waals surface area contributed by atoms with Crippen LogP contribution in [0.1, 0.15) is 31.2 Å². The van der Waals surface area contributed by atoms with E-state index in [1.54, 1.807) is 53.2 Å². The molecule has 22 heteroatoms. The van der Waals surface area contributed by atoms with Gasteiger partial charge in [-0.05, 0) is 42.3 Å². The maximum Gasteiger partial charge on any atom is 0.490 e. The van der Waals surface area contributed by atoms with E-state index >= 15 is 0 Å².